The van der Waals surface area contributed by atoms with Gasteiger partial charge in [-0.1, -0.05) is 60.7 Å². The molecule has 1 aromatic heterocycles. The summed E-state index contributed by atoms with van der Waals surface area (Å²) in [7, 11) is 1.99. The molecule has 0 spiro atoms. The van der Waals surface area contributed by atoms with Gasteiger partial charge in [-0.15, -0.1) is 0 Å². The fraction of sp³-hybridized carbons (Fsp3) is 0.385. The van der Waals surface area contributed by atoms with Gasteiger partial charge in [0.05, 0.1) is 13.6 Å². The molecular formula is C26H32N3O3+. The smallest absolute Gasteiger partial charge is 0.306 e. The lowest BCUT2D eigenvalue weighted by molar-refractivity contribution is -0.671. The van der Waals surface area contributed by atoms with Crippen molar-refractivity contribution in [2.45, 2.75) is 50.0 Å². The fourth-order valence-electron chi connectivity index (χ4n) is 4.51. The Morgan fingerprint density at radius 3 is 2.38 bits per heavy atom. The third-order valence-electron chi connectivity index (χ3n) is 6.19. The Hall–Kier alpha value is -2.96. The van der Waals surface area contributed by atoms with Crippen molar-refractivity contribution in [2.24, 2.45) is 7.05 Å². The normalized spacial score (nSPS) is 18.6. The van der Waals surface area contributed by atoms with Gasteiger partial charge >= 0.3 is 5.97 Å². The summed E-state index contributed by atoms with van der Waals surface area (Å²) < 4.78 is 9.86. The average Bonchev–Trinajstić information content (AvgIpc) is 3.46. The molecule has 2 N–H and O–H groups in total. The third kappa shape index (κ3) is 5.09. The number of unbranched alkanes of at least 4 members (excludes halogenated alkanes) is 1. The van der Waals surface area contributed by atoms with Crippen molar-refractivity contribution in [1.29, 1.82) is 0 Å². The summed E-state index contributed by atoms with van der Waals surface area (Å²) in [6, 6.07) is 19.1. The van der Waals surface area contributed by atoms with E-state index in [1.165, 1.54) is 0 Å². The van der Waals surface area contributed by atoms with Crippen molar-refractivity contribution in [2.75, 3.05) is 6.54 Å². The van der Waals surface area contributed by atoms with Crippen LogP contribution in [0.2, 0.25) is 0 Å². The number of carbonyl (C=O) groups excluding carboxylic acids is 1. The van der Waals surface area contributed by atoms with E-state index in [2.05, 4.69) is 9.88 Å². The van der Waals surface area contributed by atoms with E-state index in [4.69, 9.17) is 4.74 Å². The highest BCUT2D eigenvalue weighted by Gasteiger charge is 2.44. The quantitative estimate of drug-likeness (QED) is 0.309. The van der Waals surface area contributed by atoms with E-state index in [0.717, 1.165) is 30.5 Å². The van der Waals surface area contributed by atoms with Gasteiger partial charge in [0, 0.05) is 25.4 Å². The van der Waals surface area contributed by atoms with E-state index in [1.54, 1.807) is 0 Å². The third-order valence-corrected chi connectivity index (χ3v) is 6.19. The van der Waals surface area contributed by atoms with Crippen LogP contribution in [0.25, 0.3) is 0 Å². The molecule has 0 bridgehead atoms. The molecule has 0 amide bonds. The van der Waals surface area contributed by atoms with Crippen molar-refractivity contribution in [3.05, 3.63) is 90.5 Å². The number of imidazole rings is 1. The molecule has 6 nitrogen and oxygen atoms in total. The number of carbonyl (C=O) groups is 1. The summed E-state index contributed by atoms with van der Waals surface area (Å²) in [5, 5.41) is 15.3. The van der Waals surface area contributed by atoms with Crippen LogP contribution in [-0.2, 0) is 28.7 Å². The van der Waals surface area contributed by atoms with E-state index in [0.29, 0.717) is 19.4 Å². The first-order valence-corrected chi connectivity index (χ1v) is 11.3. The molecule has 0 unspecified atom stereocenters. The summed E-state index contributed by atoms with van der Waals surface area (Å²) in [5.41, 5.74) is 0.458. The lowest BCUT2D eigenvalue weighted by atomic mass is 9.79. The second kappa shape index (κ2) is 10.1. The Morgan fingerprint density at radius 2 is 1.78 bits per heavy atom. The van der Waals surface area contributed by atoms with E-state index in [9.17, 15) is 9.90 Å². The van der Waals surface area contributed by atoms with Crippen LogP contribution in [0.5, 0.6) is 0 Å². The molecule has 2 heterocycles. The van der Waals surface area contributed by atoms with Crippen molar-refractivity contribution >= 4 is 5.97 Å². The van der Waals surface area contributed by atoms with E-state index < -0.39 is 5.60 Å². The van der Waals surface area contributed by atoms with Gasteiger partial charge in [-0.3, -0.25) is 4.79 Å². The minimum atomic E-state index is -1.20. The van der Waals surface area contributed by atoms with Gasteiger partial charge in [-0.25, -0.2) is 9.13 Å². The van der Waals surface area contributed by atoms with Gasteiger partial charge in [-0.05, 0) is 24.0 Å². The number of rotatable bonds is 9. The zero-order valence-electron chi connectivity index (χ0n) is 18.6. The van der Waals surface area contributed by atoms with Gasteiger partial charge in [0.25, 0.3) is 0 Å². The molecule has 1 fully saturated rings. The van der Waals surface area contributed by atoms with Crippen LogP contribution in [0.3, 0.4) is 0 Å². The highest BCUT2D eigenvalue weighted by Crippen LogP contribution is 2.37. The summed E-state index contributed by atoms with van der Waals surface area (Å²) in [6.07, 6.45) is 8.52. The molecule has 168 valence electrons. The zero-order chi connectivity index (χ0) is 22.4. The molecule has 0 saturated carbocycles. The Morgan fingerprint density at radius 1 is 1.12 bits per heavy atom. The van der Waals surface area contributed by atoms with E-state index in [-0.39, 0.29) is 18.1 Å². The maximum Gasteiger partial charge on any atom is 0.306 e. The second-order valence-electron chi connectivity index (χ2n) is 8.58. The van der Waals surface area contributed by atoms with Gasteiger partial charge < -0.3 is 15.2 Å². The van der Waals surface area contributed by atoms with E-state index in [1.807, 2.05) is 91.0 Å². The van der Waals surface area contributed by atoms with Crippen molar-refractivity contribution < 1.29 is 19.2 Å². The largest absolute Gasteiger partial charge is 0.461 e. The molecule has 4 rings (SSSR count). The lowest BCUT2D eigenvalue weighted by Crippen LogP contribution is -2.46. The summed E-state index contributed by atoms with van der Waals surface area (Å²) in [6.45, 7) is 1.43. The average molecular weight is 435 g/mol. The van der Waals surface area contributed by atoms with Crippen LogP contribution < -0.4 is 9.88 Å². The molecule has 3 aromatic rings. The number of ether oxygens (including phenoxy) is 1. The Bertz CT molecular complexity index is 964. The molecule has 0 aliphatic carbocycles. The SMILES string of the molecule is C[n+]1ccn(CCCCC(=O)O[C@H]2CN[C@@H](C(O)(c3ccccc3)c3ccccc3)C2)c1. The van der Waals surface area contributed by atoms with Crippen LogP contribution in [-0.4, -0.2) is 34.3 Å². The number of benzene rings is 2. The molecular weight excluding hydrogens is 402 g/mol. The predicted molar refractivity (Wildman–Crippen MR) is 122 cm³/mol. The first-order valence-electron chi connectivity index (χ1n) is 11.3. The minimum absolute atomic E-state index is 0.168. The monoisotopic (exact) mass is 434 g/mol. The Balaban J connectivity index is 1.33. The molecule has 1 aliphatic heterocycles. The predicted octanol–water partition coefficient (Wildman–Crippen LogP) is 2.69. The number of aliphatic hydroxyl groups is 1. The van der Waals surface area contributed by atoms with Crippen LogP contribution in [0.4, 0.5) is 0 Å². The molecule has 32 heavy (non-hydrogen) atoms. The van der Waals surface area contributed by atoms with Crippen molar-refractivity contribution in [3.8, 4) is 0 Å². The second-order valence-corrected chi connectivity index (χ2v) is 8.58. The number of aryl methyl sites for hydroxylation is 2. The highest BCUT2D eigenvalue weighted by molar-refractivity contribution is 5.69. The summed E-state index contributed by atoms with van der Waals surface area (Å²) in [5.74, 6) is -0.168. The first kappa shape index (κ1) is 22.2. The number of nitrogens with one attached hydrogen (secondary N) is 1. The van der Waals surface area contributed by atoms with Crippen molar-refractivity contribution in [1.82, 2.24) is 9.88 Å². The number of nitrogens with zero attached hydrogens (tertiary/aromatic N) is 2. The first-order chi connectivity index (χ1) is 15.6. The van der Waals surface area contributed by atoms with Crippen LogP contribution in [0, 0.1) is 0 Å². The highest BCUT2D eigenvalue weighted by atomic mass is 16.5. The minimum Gasteiger partial charge on any atom is -0.461 e. The Kier molecular flexibility index (Phi) is 7.02. The molecule has 6 heteroatoms. The van der Waals surface area contributed by atoms with Gasteiger partial charge in [0.2, 0.25) is 6.33 Å². The van der Waals surface area contributed by atoms with Gasteiger partial charge in [-0.2, -0.15) is 0 Å². The Labute approximate surface area is 189 Å². The van der Waals surface area contributed by atoms with Gasteiger partial charge in [0.1, 0.15) is 24.1 Å². The van der Waals surface area contributed by atoms with Crippen LogP contribution >= 0.6 is 0 Å². The van der Waals surface area contributed by atoms with Crippen LogP contribution in [0.1, 0.15) is 36.8 Å². The lowest BCUT2D eigenvalue weighted by Gasteiger charge is -2.35. The number of esters is 1. The zero-order valence-corrected chi connectivity index (χ0v) is 18.6. The van der Waals surface area contributed by atoms with E-state index >= 15 is 0 Å². The maximum atomic E-state index is 12.4. The number of hydrogen-bond donors (Lipinski definition) is 2. The molecule has 1 saturated heterocycles. The number of hydrogen-bond acceptors (Lipinski definition) is 4. The molecule has 2 atom stereocenters. The molecule has 0 radical (unpaired) electrons. The standard InChI is InChI=1S/C26H32N3O3/c1-28-16-17-29(20-28)15-9-8-14-25(30)32-23-18-24(27-19-23)26(31,21-10-4-2-5-11-21)22-12-6-3-7-13-22/h2-7,10-13,16-17,20,23-24,27,31H,8-9,14-15,18-19H2,1H3/q+1/t23-,24-/m1/s1. The van der Waals surface area contributed by atoms with Crippen LogP contribution in [0.15, 0.2) is 79.4 Å². The maximum absolute atomic E-state index is 12.4. The van der Waals surface area contributed by atoms with Crippen molar-refractivity contribution in [3.63, 3.8) is 0 Å². The summed E-state index contributed by atoms with van der Waals surface area (Å²) >= 11 is 0. The number of aromatic nitrogens is 2. The fourth-order valence-corrected chi connectivity index (χ4v) is 4.51. The molecule has 2 aromatic carbocycles. The molecule has 1 aliphatic rings. The topological polar surface area (TPSA) is 67.4 Å². The summed E-state index contributed by atoms with van der Waals surface area (Å²) in [4.78, 5) is 12.4. The van der Waals surface area contributed by atoms with Gasteiger partial charge in [0.15, 0.2) is 0 Å².